The van der Waals surface area contributed by atoms with Crippen LogP contribution in [0.2, 0.25) is 5.02 Å². The number of carbonyl (C=O) groups is 1. The summed E-state index contributed by atoms with van der Waals surface area (Å²) in [6.45, 7) is 2.28. The minimum absolute atomic E-state index is 0.0772. The highest BCUT2D eigenvalue weighted by atomic mass is 35.5. The van der Waals surface area contributed by atoms with Gasteiger partial charge in [0, 0.05) is 23.7 Å². The van der Waals surface area contributed by atoms with Gasteiger partial charge in [0.05, 0.1) is 0 Å². The minimum Gasteiger partial charge on any atom is -0.454 e. The van der Waals surface area contributed by atoms with Crippen LogP contribution in [0.5, 0.6) is 11.5 Å². The smallest absolute Gasteiger partial charge is 0.253 e. The van der Waals surface area contributed by atoms with Crippen molar-refractivity contribution in [2.24, 2.45) is 5.92 Å². The lowest BCUT2D eigenvalue weighted by atomic mass is 10.1. The molecule has 0 radical (unpaired) electrons. The van der Waals surface area contributed by atoms with E-state index in [0.29, 0.717) is 35.3 Å². The van der Waals surface area contributed by atoms with Crippen molar-refractivity contribution < 1.29 is 13.9 Å². The quantitative estimate of drug-likeness (QED) is 0.875. The molecule has 2 aromatic carbocycles. The Hall–Kier alpha value is -2.11. The van der Waals surface area contributed by atoms with Crippen molar-refractivity contribution in [3.63, 3.8) is 0 Å². The van der Waals surface area contributed by atoms with Gasteiger partial charge in [-0.1, -0.05) is 11.6 Å². The number of halogens is 2. The molecule has 3 rings (SSSR count). The Kier molecular flexibility index (Phi) is 5.56. The highest BCUT2D eigenvalue weighted by Crippen LogP contribution is 2.27. The summed E-state index contributed by atoms with van der Waals surface area (Å²) < 4.78 is 19.8. The average Bonchev–Trinajstić information content (AvgIpc) is 3.07. The fourth-order valence-corrected chi connectivity index (χ4v) is 3.13. The molecule has 1 aliphatic rings. The van der Waals surface area contributed by atoms with Gasteiger partial charge in [-0.15, -0.1) is 0 Å². The number of benzene rings is 2. The molecule has 1 heterocycles. The first-order chi connectivity index (χ1) is 12.1. The summed E-state index contributed by atoms with van der Waals surface area (Å²) >= 11 is 5.82. The molecular formula is C19H20ClFN2O2. The van der Waals surface area contributed by atoms with E-state index in [4.69, 9.17) is 16.3 Å². The van der Waals surface area contributed by atoms with E-state index in [-0.39, 0.29) is 11.7 Å². The van der Waals surface area contributed by atoms with E-state index < -0.39 is 5.82 Å². The molecule has 1 aliphatic heterocycles. The lowest BCUT2D eigenvalue weighted by Gasteiger charge is -2.17. The van der Waals surface area contributed by atoms with Crippen LogP contribution >= 0.6 is 11.6 Å². The third-order valence-corrected chi connectivity index (χ3v) is 4.54. The molecule has 1 saturated heterocycles. The highest BCUT2D eigenvalue weighted by Gasteiger charge is 2.26. The number of nitrogens with zero attached hydrogens (tertiary/aromatic N) is 1. The fraction of sp³-hybridized carbons (Fsp3) is 0.316. The van der Waals surface area contributed by atoms with Crippen LogP contribution in [0.3, 0.4) is 0 Å². The van der Waals surface area contributed by atoms with Gasteiger partial charge >= 0.3 is 0 Å². The van der Waals surface area contributed by atoms with Gasteiger partial charge in [-0.25, -0.2) is 4.39 Å². The number of nitrogens with one attached hydrogen (secondary N) is 1. The molecule has 132 valence electrons. The van der Waals surface area contributed by atoms with Crippen molar-refractivity contribution >= 4 is 17.5 Å². The van der Waals surface area contributed by atoms with Crippen molar-refractivity contribution in [1.29, 1.82) is 0 Å². The zero-order chi connectivity index (χ0) is 17.8. The van der Waals surface area contributed by atoms with E-state index in [9.17, 15) is 9.18 Å². The molecule has 25 heavy (non-hydrogen) atoms. The van der Waals surface area contributed by atoms with E-state index in [2.05, 4.69) is 5.32 Å². The Morgan fingerprint density at radius 2 is 2.08 bits per heavy atom. The van der Waals surface area contributed by atoms with E-state index in [1.54, 1.807) is 35.2 Å². The molecule has 1 fully saturated rings. The van der Waals surface area contributed by atoms with Crippen LogP contribution in [0.25, 0.3) is 0 Å². The van der Waals surface area contributed by atoms with Gasteiger partial charge in [-0.05, 0) is 68.4 Å². The number of carbonyl (C=O) groups excluding carboxylic acids is 1. The van der Waals surface area contributed by atoms with Gasteiger partial charge in [-0.3, -0.25) is 4.79 Å². The van der Waals surface area contributed by atoms with E-state index in [0.717, 1.165) is 13.0 Å². The Morgan fingerprint density at radius 1 is 1.32 bits per heavy atom. The number of likely N-dealkylation sites (tertiary alicyclic amines) is 1. The molecule has 0 spiro atoms. The number of hydrogen-bond acceptors (Lipinski definition) is 3. The minimum atomic E-state index is -0.563. The third kappa shape index (κ3) is 4.30. The van der Waals surface area contributed by atoms with Gasteiger partial charge in [0.2, 0.25) is 0 Å². The number of amides is 1. The molecule has 0 saturated carbocycles. The molecule has 4 nitrogen and oxygen atoms in total. The zero-order valence-electron chi connectivity index (χ0n) is 14.0. The highest BCUT2D eigenvalue weighted by molar-refractivity contribution is 6.30. The third-order valence-electron chi connectivity index (χ3n) is 4.29. The molecule has 2 aromatic rings. The molecule has 0 bridgehead atoms. The fourth-order valence-electron chi connectivity index (χ4n) is 3.00. The van der Waals surface area contributed by atoms with Crippen LogP contribution in [0, 0.1) is 11.7 Å². The predicted molar refractivity (Wildman–Crippen MR) is 95.9 cm³/mol. The number of hydrogen-bond donors (Lipinski definition) is 1. The standard InChI is InChI=1S/C19H20ClFN2O2/c1-22-11-13-8-9-23(12-13)19(24)14-2-7-18(17(21)10-14)25-16-5-3-15(20)4-6-16/h2-7,10,13,22H,8-9,11-12H2,1H3/t13-/m0/s1. The van der Waals surface area contributed by atoms with Crippen LogP contribution in [-0.2, 0) is 0 Å². The average molecular weight is 363 g/mol. The topological polar surface area (TPSA) is 41.6 Å². The molecule has 1 atom stereocenters. The maximum Gasteiger partial charge on any atom is 0.253 e. The molecule has 1 N–H and O–H groups in total. The normalized spacial score (nSPS) is 16.9. The second-order valence-electron chi connectivity index (χ2n) is 6.16. The first-order valence-corrected chi connectivity index (χ1v) is 8.61. The van der Waals surface area contributed by atoms with Crippen molar-refractivity contribution in [2.45, 2.75) is 6.42 Å². The van der Waals surface area contributed by atoms with Crippen molar-refractivity contribution in [3.8, 4) is 11.5 Å². The maximum atomic E-state index is 14.3. The SMILES string of the molecule is CNC[C@@H]1CCN(C(=O)c2ccc(Oc3ccc(Cl)cc3)c(F)c2)C1. The lowest BCUT2D eigenvalue weighted by molar-refractivity contribution is 0.0786. The zero-order valence-corrected chi connectivity index (χ0v) is 14.7. The van der Waals surface area contributed by atoms with Crippen LogP contribution in [0.15, 0.2) is 42.5 Å². The largest absolute Gasteiger partial charge is 0.454 e. The second kappa shape index (κ2) is 7.85. The van der Waals surface area contributed by atoms with E-state index in [1.807, 2.05) is 7.05 Å². The van der Waals surface area contributed by atoms with Gasteiger partial charge < -0.3 is 15.0 Å². The predicted octanol–water partition coefficient (Wildman–Crippen LogP) is 3.95. The van der Waals surface area contributed by atoms with E-state index in [1.165, 1.54) is 12.1 Å². The van der Waals surface area contributed by atoms with Crippen LogP contribution in [-0.4, -0.2) is 37.5 Å². The Morgan fingerprint density at radius 3 is 2.76 bits per heavy atom. The number of ether oxygens (including phenoxy) is 1. The van der Waals surface area contributed by atoms with Crippen molar-refractivity contribution in [2.75, 3.05) is 26.7 Å². The van der Waals surface area contributed by atoms with Crippen LogP contribution in [0.1, 0.15) is 16.8 Å². The van der Waals surface area contributed by atoms with Crippen LogP contribution < -0.4 is 10.1 Å². The molecular weight excluding hydrogens is 343 g/mol. The summed E-state index contributed by atoms with van der Waals surface area (Å²) in [7, 11) is 1.90. The summed E-state index contributed by atoms with van der Waals surface area (Å²) in [6.07, 6.45) is 0.965. The van der Waals surface area contributed by atoms with Gasteiger partial charge in [-0.2, -0.15) is 0 Å². The molecule has 0 unspecified atom stereocenters. The van der Waals surface area contributed by atoms with Gasteiger partial charge in [0.25, 0.3) is 5.91 Å². The van der Waals surface area contributed by atoms with Gasteiger partial charge in [0.1, 0.15) is 5.75 Å². The van der Waals surface area contributed by atoms with Crippen LogP contribution in [0.4, 0.5) is 4.39 Å². The van der Waals surface area contributed by atoms with Crippen molar-refractivity contribution in [1.82, 2.24) is 10.2 Å². The summed E-state index contributed by atoms with van der Waals surface area (Å²) in [4.78, 5) is 14.3. The summed E-state index contributed by atoms with van der Waals surface area (Å²) in [5.74, 6) is 0.304. The summed E-state index contributed by atoms with van der Waals surface area (Å²) in [5.41, 5.74) is 0.339. The molecule has 0 aliphatic carbocycles. The monoisotopic (exact) mass is 362 g/mol. The maximum absolute atomic E-state index is 14.3. The molecule has 1 amide bonds. The Balaban J connectivity index is 1.69. The molecule has 6 heteroatoms. The number of rotatable bonds is 5. The first kappa shape index (κ1) is 17.7. The van der Waals surface area contributed by atoms with Crippen molar-refractivity contribution in [3.05, 3.63) is 58.9 Å². The first-order valence-electron chi connectivity index (χ1n) is 8.23. The van der Waals surface area contributed by atoms with Gasteiger partial charge in [0.15, 0.2) is 11.6 Å². The summed E-state index contributed by atoms with van der Waals surface area (Å²) in [5, 5.41) is 3.71. The second-order valence-corrected chi connectivity index (χ2v) is 6.60. The summed E-state index contributed by atoms with van der Waals surface area (Å²) in [6, 6.07) is 11.0. The van der Waals surface area contributed by atoms with E-state index >= 15 is 0 Å². The molecule has 0 aromatic heterocycles. The lowest BCUT2D eigenvalue weighted by Crippen LogP contribution is -2.30. The Labute approximate surface area is 151 Å². The Bertz CT molecular complexity index is 752.